The summed E-state index contributed by atoms with van der Waals surface area (Å²) in [6, 6.07) is 0. The normalized spacial score (nSPS) is 22.8. The lowest BCUT2D eigenvalue weighted by atomic mass is 10.1. The van der Waals surface area contributed by atoms with Gasteiger partial charge in [0.05, 0.1) is 12.1 Å². The minimum absolute atomic E-state index is 0. The van der Waals surface area contributed by atoms with Crippen LogP contribution < -0.4 is 5.32 Å². The van der Waals surface area contributed by atoms with Gasteiger partial charge in [-0.1, -0.05) is 23.5 Å². The molecule has 0 spiro atoms. The van der Waals surface area contributed by atoms with Crippen LogP contribution in [0, 0.1) is 0 Å². The molecule has 0 fully saturated rings. The Labute approximate surface area is 147 Å². The van der Waals surface area contributed by atoms with Crippen LogP contribution >= 0.6 is 48.3 Å². The predicted octanol–water partition coefficient (Wildman–Crippen LogP) is 3.34. The second-order valence-electron chi connectivity index (χ2n) is 5.67. The van der Waals surface area contributed by atoms with Crippen molar-refractivity contribution < 1.29 is 0 Å². The van der Waals surface area contributed by atoms with Crippen LogP contribution in [0.3, 0.4) is 0 Å². The Morgan fingerprint density at radius 1 is 1.33 bits per heavy atom. The SMILES string of the molecule is CC1(C)CN=C(SCC2=CSC3=NCCCCN23)N1.Cl.Cl. The van der Waals surface area contributed by atoms with Gasteiger partial charge in [0.15, 0.2) is 10.3 Å². The van der Waals surface area contributed by atoms with E-state index in [1.54, 1.807) is 23.5 Å². The summed E-state index contributed by atoms with van der Waals surface area (Å²) < 4.78 is 0. The molecule has 3 heterocycles. The summed E-state index contributed by atoms with van der Waals surface area (Å²) in [6.45, 7) is 7.35. The van der Waals surface area contributed by atoms with Gasteiger partial charge in [-0.05, 0) is 32.1 Å². The van der Waals surface area contributed by atoms with Gasteiger partial charge in [-0.25, -0.2) is 0 Å². The van der Waals surface area contributed by atoms with Crippen LogP contribution in [0.1, 0.15) is 26.7 Å². The molecular formula is C13H22Cl2N4S2. The van der Waals surface area contributed by atoms with E-state index in [-0.39, 0.29) is 30.4 Å². The van der Waals surface area contributed by atoms with E-state index in [1.165, 1.54) is 23.7 Å². The fraction of sp³-hybridized carbons (Fsp3) is 0.692. The molecule has 0 aliphatic carbocycles. The summed E-state index contributed by atoms with van der Waals surface area (Å²) in [5.74, 6) is 0.980. The van der Waals surface area contributed by atoms with Crippen molar-refractivity contribution in [2.75, 3.05) is 25.4 Å². The van der Waals surface area contributed by atoms with E-state index in [4.69, 9.17) is 0 Å². The van der Waals surface area contributed by atoms with Crippen molar-refractivity contribution in [3.05, 3.63) is 11.1 Å². The number of hydrogen-bond donors (Lipinski definition) is 1. The first kappa shape index (κ1) is 19.0. The number of halogens is 2. The Kier molecular flexibility index (Phi) is 7.24. The molecule has 4 nitrogen and oxygen atoms in total. The van der Waals surface area contributed by atoms with Gasteiger partial charge < -0.3 is 10.2 Å². The number of hydrogen-bond acceptors (Lipinski definition) is 6. The van der Waals surface area contributed by atoms with Crippen LogP contribution in [0.5, 0.6) is 0 Å². The summed E-state index contributed by atoms with van der Waals surface area (Å²) in [4.78, 5) is 11.6. The number of nitrogens with zero attached hydrogens (tertiary/aromatic N) is 3. The Morgan fingerprint density at radius 2 is 2.14 bits per heavy atom. The van der Waals surface area contributed by atoms with Crippen molar-refractivity contribution in [2.24, 2.45) is 9.98 Å². The molecule has 0 atom stereocenters. The minimum Gasteiger partial charge on any atom is -0.358 e. The minimum atomic E-state index is 0. The smallest absolute Gasteiger partial charge is 0.167 e. The lowest BCUT2D eigenvalue weighted by molar-refractivity contribution is 0.507. The van der Waals surface area contributed by atoms with Gasteiger partial charge in [-0.15, -0.1) is 24.8 Å². The van der Waals surface area contributed by atoms with Crippen molar-refractivity contribution in [2.45, 2.75) is 32.2 Å². The Morgan fingerprint density at radius 3 is 2.86 bits per heavy atom. The molecule has 0 bridgehead atoms. The van der Waals surface area contributed by atoms with Crippen LogP contribution in [-0.4, -0.2) is 46.2 Å². The lowest BCUT2D eigenvalue weighted by Gasteiger charge is -2.21. The highest BCUT2D eigenvalue weighted by molar-refractivity contribution is 8.17. The fourth-order valence-corrected chi connectivity index (χ4v) is 4.35. The van der Waals surface area contributed by atoms with Crippen LogP contribution in [0.15, 0.2) is 21.1 Å². The number of aliphatic imine (C=N–C) groups is 2. The standard InChI is InChI=1S/C13H20N4S2.2ClH/c1-13(2)9-15-11(16-13)18-7-10-8-19-12-14-5-3-4-6-17(10)12;;/h8H,3-7,9H2,1-2H3,(H,15,16);2*1H. The highest BCUT2D eigenvalue weighted by atomic mass is 35.5. The third kappa shape index (κ3) is 4.71. The highest BCUT2D eigenvalue weighted by Crippen LogP contribution is 2.31. The Balaban J connectivity index is 0.00000110. The summed E-state index contributed by atoms with van der Waals surface area (Å²) in [5, 5.41) is 7.99. The molecule has 0 aromatic heterocycles. The molecule has 120 valence electrons. The van der Waals surface area contributed by atoms with E-state index in [0.717, 1.165) is 30.6 Å². The molecular weight excluding hydrogens is 347 g/mol. The quantitative estimate of drug-likeness (QED) is 0.811. The van der Waals surface area contributed by atoms with Gasteiger partial charge in [0.2, 0.25) is 0 Å². The predicted molar refractivity (Wildman–Crippen MR) is 100 cm³/mol. The third-order valence-corrected chi connectivity index (χ3v) is 5.23. The third-order valence-electron chi connectivity index (χ3n) is 3.33. The summed E-state index contributed by atoms with van der Waals surface area (Å²) in [5.41, 5.74) is 1.50. The molecule has 21 heavy (non-hydrogen) atoms. The maximum absolute atomic E-state index is 4.64. The average Bonchev–Trinajstić information content (AvgIpc) is 2.82. The van der Waals surface area contributed by atoms with Crippen LogP contribution in [0.4, 0.5) is 0 Å². The summed E-state index contributed by atoms with van der Waals surface area (Å²) >= 11 is 3.58. The first-order chi connectivity index (χ1) is 9.14. The molecule has 0 saturated heterocycles. The number of nitrogens with one attached hydrogen (secondary N) is 1. The van der Waals surface area contributed by atoms with Gasteiger partial charge >= 0.3 is 0 Å². The topological polar surface area (TPSA) is 40.0 Å². The molecule has 0 aromatic carbocycles. The summed E-state index contributed by atoms with van der Waals surface area (Å²) in [7, 11) is 0. The van der Waals surface area contributed by atoms with Crippen molar-refractivity contribution in [1.82, 2.24) is 10.2 Å². The average molecular weight is 369 g/mol. The van der Waals surface area contributed by atoms with Crippen molar-refractivity contribution >= 4 is 58.7 Å². The molecule has 0 saturated carbocycles. The fourth-order valence-electron chi connectivity index (χ4n) is 2.26. The van der Waals surface area contributed by atoms with Gasteiger partial charge in [0, 0.05) is 24.5 Å². The maximum atomic E-state index is 4.64. The van der Waals surface area contributed by atoms with E-state index < -0.39 is 0 Å². The number of thioether (sulfide) groups is 2. The van der Waals surface area contributed by atoms with Gasteiger partial charge in [0.25, 0.3) is 0 Å². The Bertz CT molecular complexity index is 463. The largest absolute Gasteiger partial charge is 0.358 e. The van der Waals surface area contributed by atoms with Gasteiger partial charge in [-0.2, -0.15) is 0 Å². The maximum Gasteiger partial charge on any atom is 0.167 e. The van der Waals surface area contributed by atoms with E-state index in [9.17, 15) is 0 Å². The second kappa shape index (κ2) is 7.99. The number of amidine groups is 2. The number of rotatable bonds is 2. The van der Waals surface area contributed by atoms with Crippen LogP contribution in [0.2, 0.25) is 0 Å². The monoisotopic (exact) mass is 368 g/mol. The van der Waals surface area contributed by atoms with E-state index in [0.29, 0.717) is 0 Å². The van der Waals surface area contributed by atoms with Gasteiger partial charge in [-0.3, -0.25) is 9.98 Å². The molecule has 3 rings (SSSR count). The molecule has 0 amide bonds. The van der Waals surface area contributed by atoms with Crippen molar-refractivity contribution in [1.29, 1.82) is 0 Å². The van der Waals surface area contributed by atoms with E-state index in [2.05, 4.69) is 39.5 Å². The molecule has 0 unspecified atom stereocenters. The molecule has 3 aliphatic rings. The Hall–Kier alpha value is -0.0400. The zero-order chi connectivity index (χ0) is 13.3. The first-order valence-electron chi connectivity index (χ1n) is 6.77. The van der Waals surface area contributed by atoms with Crippen LogP contribution in [-0.2, 0) is 0 Å². The van der Waals surface area contributed by atoms with Crippen molar-refractivity contribution in [3.63, 3.8) is 0 Å². The van der Waals surface area contributed by atoms with E-state index in [1.807, 2.05) is 0 Å². The molecule has 0 radical (unpaired) electrons. The molecule has 0 aromatic rings. The lowest BCUT2D eigenvalue weighted by Crippen LogP contribution is -2.38. The number of fused-ring (bicyclic) bond motifs is 1. The zero-order valence-electron chi connectivity index (χ0n) is 12.3. The van der Waals surface area contributed by atoms with E-state index >= 15 is 0 Å². The second-order valence-corrected chi connectivity index (χ2v) is 7.47. The molecule has 8 heteroatoms. The van der Waals surface area contributed by atoms with Gasteiger partial charge in [0.1, 0.15) is 0 Å². The highest BCUT2D eigenvalue weighted by Gasteiger charge is 2.27. The van der Waals surface area contributed by atoms with Crippen molar-refractivity contribution in [3.8, 4) is 0 Å². The van der Waals surface area contributed by atoms with Crippen LogP contribution in [0.25, 0.3) is 0 Å². The molecule has 1 N–H and O–H groups in total. The summed E-state index contributed by atoms with van der Waals surface area (Å²) in [6.07, 6.45) is 2.45. The first-order valence-corrected chi connectivity index (χ1v) is 8.64. The zero-order valence-corrected chi connectivity index (χ0v) is 15.6. The molecule has 3 aliphatic heterocycles.